The van der Waals surface area contributed by atoms with E-state index in [2.05, 4.69) is 10.3 Å². The van der Waals surface area contributed by atoms with E-state index >= 15 is 0 Å². The van der Waals surface area contributed by atoms with Gasteiger partial charge in [-0.15, -0.1) is 0 Å². The first-order chi connectivity index (χ1) is 14.6. The molecule has 4 rings (SSSR count). The van der Waals surface area contributed by atoms with Gasteiger partial charge in [0.05, 0.1) is 19.4 Å². The van der Waals surface area contributed by atoms with E-state index in [1.54, 1.807) is 13.3 Å². The lowest BCUT2D eigenvalue weighted by molar-refractivity contribution is -0.0497. The number of rotatable bonds is 6. The zero-order valence-electron chi connectivity index (χ0n) is 17.1. The van der Waals surface area contributed by atoms with E-state index in [1.807, 2.05) is 85.9 Å². The highest BCUT2D eigenvalue weighted by Crippen LogP contribution is 2.37. The van der Waals surface area contributed by atoms with Crippen molar-refractivity contribution < 1.29 is 9.47 Å². The first-order valence-electron chi connectivity index (χ1n) is 9.82. The molecule has 0 radical (unpaired) electrons. The minimum atomic E-state index is -0.994. The van der Waals surface area contributed by atoms with Crippen LogP contribution < -0.4 is 15.8 Å². The minimum Gasteiger partial charge on any atom is -0.497 e. The van der Waals surface area contributed by atoms with Crippen LogP contribution in [0.25, 0.3) is 5.70 Å². The molecule has 5 nitrogen and oxygen atoms in total. The van der Waals surface area contributed by atoms with E-state index in [-0.39, 0.29) is 0 Å². The van der Waals surface area contributed by atoms with Gasteiger partial charge in [0.1, 0.15) is 5.75 Å². The summed E-state index contributed by atoms with van der Waals surface area (Å²) in [7, 11) is 1.65. The Kier molecular flexibility index (Phi) is 5.55. The van der Waals surface area contributed by atoms with Crippen LogP contribution in [0.5, 0.6) is 5.75 Å². The summed E-state index contributed by atoms with van der Waals surface area (Å²) < 4.78 is 11.8. The smallest absolute Gasteiger partial charge is 0.206 e. The fraction of sp³-hybridized carbons (Fsp3) is 0.160. The van der Waals surface area contributed by atoms with Crippen LogP contribution in [0.2, 0.25) is 0 Å². The van der Waals surface area contributed by atoms with Gasteiger partial charge >= 0.3 is 0 Å². The number of ether oxygens (including phenoxy) is 2. The molecule has 0 saturated carbocycles. The standard InChI is InChI=1S/C25H25N3O2/c1-18-15-23(26)25(21-8-4-3-5-9-21,28-24(18)20-7-6-14-27-16-20)30-17-19-10-12-22(29-2)13-11-19/h3-16,28H,17,26H2,1-2H3. The van der Waals surface area contributed by atoms with Crippen molar-refractivity contribution in [3.63, 3.8) is 0 Å². The first kappa shape index (κ1) is 19.7. The van der Waals surface area contributed by atoms with Crippen molar-refractivity contribution in [2.24, 2.45) is 5.73 Å². The van der Waals surface area contributed by atoms with Gasteiger partial charge in [-0.3, -0.25) is 4.98 Å². The Labute approximate surface area is 176 Å². The second-order valence-corrected chi connectivity index (χ2v) is 7.21. The van der Waals surface area contributed by atoms with E-state index in [9.17, 15) is 0 Å². The maximum atomic E-state index is 6.59. The molecule has 2 aromatic carbocycles. The highest BCUT2D eigenvalue weighted by atomic mass is 16.5. The number of dihydropyridines is 1. The minimum absolute atomic E-state index is 0.375. The molecule has 0 saturated heterocycles. The molecule has 0 aliphatic carbocycles. The van der Waals surface area contributed by atoms with Crippen LogP contribution in [-0.2, 0) is 17.1 Å². The average Bonchev–Trinajstić information content (AvgIpc) is 2.80. The van der Waals surface area contributed by atoms with Crippen molar-refractivity contribution in [1.82, 2.24) is 10.3 Å². The third-order valence-corrected chi connectivity index (χ3v) is 5.22. The van der Waals surface area contributed by atoms with Crippen molar-refractivity contribution >= 4 is 5.70 Å². The predicted molar refractivity (Wildman–Crippen MR) is 118 cm³/mol. The van der Waals surface area contributed by atoms with Crippen molar-refractivity contribution in [3.8, 4) is 5.75 Å². The van der Waals surface area contributed by atoms with E-state index in [0.717, 1.165) is 33.7 Å². The Morgan fingerprint density at radius 2 is 1.77 bits per heavy atom. The summed E-state index contributed by atoms with van der Waals surface area (Å²) in [6.07, 6.45) is 5.57. The summed E-state index contributed by atoms with van der Waals surface area (Å²) in [5.74, 6) is 0.809. The van der Waals surface area contributed by atoms with Crippen molar-refractivity contribution in [1.29, 1.82) is 0 Å². The highest BCUT2D eigenvalue weighted by molar-refractivity contribution is 5.72. The molecule has 1 unspecified atom stereocenters. The summed E-state index contributed by atoms with van der Waals surface area (Å²) in [6, 6.07) is 21.7. The Bertz CT molecular complexity index is 1060. The van der Waals surface area contributed by atoms with Gasteiger partial charge in [0, 0.05) is 29.2 Å². The molecule has 0 spiro atoms. The van der Waals surface area contributed by atoms with E-state index < -0.39 is 5.72 Å². The molecule has 0 amide bonds. The van der Waals surface area contributed by atoms with Crippen LogP contribution in [0.15, 0.2) is 96.5 Å². The normalized spacial score (nSPS) is 18.5. The molecule has 3 N–H and O–H groups in total. The molecule has 1 aliphatic rings. The van der Waals surface area contributed by atoms with Gasteiger partial charge in [0.25, 0.3) is 0 Å². The summed E-state index contributed by atoms with van der Waals surface area (Å²) in [4.78, 5) is 4.26. The van der Waals surface area contributed by atoms with Crippen LogP contribution in [0.1, 0.15) is 23.6 Å². The quantitative estimate of drug-likeness (QED) is 0.645. The molecule has 1 aliphatic heterocycles. The van der Waals surface area contributed by atoms with Gasteiger partial charge in [-0.1, -0.05) is 42.5 Å². The molecular weight excluding hydrogens is 374 g/mol. The SMILES string of the molecule is COc1ccc(COC2(c3ccccc3)NC(c3cccnc3)=C(C)C=C2N)cc1. The molecule has 5 heteroatoms. The van der Waals surface area contributed by atoms with Gasteiger partial charge in [0.2, 0.25) is 5.72 Å². The zero-order valence-corrected chi connectivity index (χ0v) is 17.1. The van der Waals surface area contributed by atoms with Crippen LogP contribution in [0.3, 0.4) is 0 Å². The Morgan fingerprint density at radius 1 is 1.00 bits per heavy atom. The largest absolute Gasteiger partial charge is 0.497 e. The average molecular weight is 399 g/mol. The summed E-state index contributed by atoms with van der Waals surface area (Å²) in [5.41, 5.74) is 11.1. The molecule has 0 bridgehead atoms. The molecular formula is C25H25N3O2. The van der Waals surface area contributed by atoms with Crippen molar-refractivity contribution in [2.75, 3.05) is 7.11 Å². The van der Waals surface area contributed by atoms with E-state index in [1.165, 1.54) is 0 Å². The third kappa shape index (κ3) is 3.80. The maximum Gasteiger partial charge on any atom is 0.206 e. The lowest BCUT2D eigenvalue weighted by Gasteiger charge is -2.40. The van der Waals surface area contributed by atoms with Crippen LogP contribution in [0.4, 0.5) is 0 Å². The summed E-state index contributed by atoms with van der Waals surface area (Å²) >= 11 is 0. The molecule has 0 fully saturated rings. The molecule has 152 valence electrons. The number of aromatic nitrogens is 1. The van der Waals surface area contributed by atoms with Gasteiger partial charge in [-0.2, -0.15) is 0 Å². The highest BCUT2D eigenvalue weighted by Gasteiger charge is 2.40. The second-order valence-electron chi connectivity index (χ2n) is 7.21. The predicted octanol–water partition coefficient (Wildman–Crippen LogP) is 4.34. The van der Waals surface area contributed by atoms with E-state index in [4.69, 9.17) is 15.2 Å². The number of nitrogens with one attached hydrogen (secondary N) is 1. The van der Waals surface area contributed by atoms with Gasteiger partial charge in [-0.25, -0.2) is 0 Å². The zero-order chi connectivity index (χ0) is 21.0. The number of hydrogen-bond acceptors (Lipinski definition) is 5. The first-order valence-corrected chi connectivity index (χ1v) is 9.82. The number of nitrogens with two attached hydrogens (primary N) is 1. The number of pyridine rings is 1. The number of hydrogen-bond donors (Lipinski definition) is 2. The van der Waals surface area contributed by atoms with Crippen LogP contribution in [-0.4, -0.2) is 12.1 Å². The van der Waals surface area contributed by atoms with Gasteiger partial charge < -0.3 is 20.5 Å². The molecule has 1 atom stereocenters. The second kappa shape index (κ2) is 8.43. The number of nitrogens with zero attached hydrogens (tertiary/aromatic N) is 1. The Balaban J connectivity index is 1.72. The molecule has 3 aromatic rings. The number of methoxy groups -OCH3 is 1. The fourth-order valence-electron chi connectivity index (χ4n) is 3.59. The Morgan fingerprint density at radius 3 is 2.43 bits per heavy atom. The summed E-state index contributed by atoms with van der Waals surface area (Å²) in [5, 5.41) is 3.59. The summed E-state index contributed by atoms with van der Waals surface area (Å²) in [6.45, 7) is 2.40. The topological polar surface area (TPSA) is 69.4 Å². The number of benzene rings is 2. The lowest BCUT2D eigenvalue weighted by Crippen LogP contribution is -2.50. The monoisotopic (exact) mass is 399 g/mol. The van der Waals surface area contributed by atoms with Crippen LogP contribution >= 0.6 is 0 Å². The molecule has 2 heterocycles. The van der Waals surface area contributed by atoms with Crippen molar-refractivity contribution in [3.05, 3.63) is 113 Å². The Hall–Kier alpha value is -3.57. The molecule has 1 aromatic heterocycles. The fourth-order valence-corrected chi connectivity index (χ4v) is 3.59. The maximum absolute atomic E-state index is 6.59. The van der Waals surface area contributed by atoms with Crippen molar-refractivity contribution in [2.45, 2.75) is 19.3 Å². The lowest BCUT2D eigenvalue weighted by atomic mass is 9.92. The van der Waals surface area contributed by atoms with Gasteiger partial charge in [-0.05, 0) is 48.4 Å². The van der Waals surface area contributed by atoms with Gasteiger partial charge in [0.15, 0.2) is 0 Å². The van der Waals surface area contributed by atoms with Crippen LogP contribution in [0, 0.1) is 0 Å². The third-order valence-electron chi connectivity index (χ3n) is 5.22. The van der Waals surface area contributed by atoms with E-state index in [0.29, 0.717) is 12.3 Å². The number of allylic oxidation sites excluding steroid dienone is 2. The molecule has 30 heavy (non-hydrogen) atoms.